The van der Waals surface area contributed by atoms with E-state index in [1.165, 1.54) is 0 Å². The number of carbonyl (C=O) groups is 1. The molecule has 7 heteroatoms. The molecule has 2 N–H and O–H groups in total. The summed E-state index contributed by atoms with van der Waals surface area (Å²) < 4.78 is 5.61. The number of hydrogen-bond donors (Lipinski definition) is 2. The molecule has 2 aromatic carbocycles. The lowest BCUT2D eigenvalue weighted by Crippen LogP contribution is -2.35. The van der Waals surface area contributed by atoms with Crippen molar-refractivity contribution in [3.8, 4) is 5.75 Å². The van der Waals surface area contributed by atoms with Gasteiger partial charge in [0.05, 0.1) is 10.0 Å². The quantitative estimate of drug-likeness (QED) is 0.534. The molecule has 28 heavy (non-hydrogen) atoms. The SMILES string of the molecule is C=C(C)COc1cccc(NC(=O)N(CCCO)Cc2ccc(Cl)c(Cl)c2)c1. The smallest absolute Gasteiger partial charge is 0.322 e. The fourth-order valence-electron chi connectivity index (χ4n) is 2.45. The number of rotatable bonds is 9. The van der Waals surface area contributed by atoms with Gasteiger partial charge in [-0.2, -0.15) is 0 Å². The van der Waals surface area contributed by atoms with Crippen LogP contribution in [0.4, 0.5) is 10.5 Å². The van der Waals surface area contributed by atoms with Crippen molar-refractivity contribution in [2.45, 2.75) is 19.9 Å². The molecule has 0 fully saturated rings. The van der Waals surface area contributed by atoms with Gasteiger partial charge in [0.1, 0.15) is 12.4 Å². The van der Waals surface area contributed by atoms with Crippen LogP contribution in [0.25, 0.3) is 0 Å². The van der Waals surface area contributed by atoms with Crippen molar-refractivity contribution in [2.24, 2.45) is 0 Å². The van der Waals surface area contributed by atoms with Crippen molar-refractivity contribution in [3.05, 3.63) is 70.2 Å². The van der Waals surface area contributed by atoms with Crippen molar-refractivity contribution in [2.75, 3.05) is 25.1 Å². The molecule has 0 saturated heterocycles. The summed E-state index contributed by atoms with van der Waals surface area (Å²) in [6.45, 7) is 6.84. The molecule has 0 aliphatic rings. The molecule has 2 aromatic rings. The van der Waals surface area contributed by atoms with Gasteiger partial charge in [-0.3, -0.25) is 0 Å². The van der Waals surface area contributed by atoms with Gasteiger partial charge in [-0.15, -0.1) is 0 Å². The number of nitrogens with zero attached hydrogens (tertiary/aromatic N) is 1. The van der Waals surface area contributed by atoms with Crippen LogP contribution in [-0.4, -0.2) is 35.8 Å². The number of amides is 2. The highest BCUT2D eigenvalue weighted by Crippen LogP contribution is 2.24. The van der Waals surface area contributed by atoms with Gasteiger partial charge >= 0.3 is 6.03 Å². The van der Waals surface area contributed by atoms with Gasteiger partial charge in [-0.25, -0.2) is 4.79 Å². The predicted octanol–water partition coefficient (Wildman–Crippen LogP) is 5.36. The zero-order valence-electron chi connectivity index (χ0n) is 15.8. The van der Waals surface area contributed by atoms with E-state index in [0.717, 1.165) is 11.1 Å². The van der Waals surface area contributed by atoms with Crippen molar-refractivity contribution in [3.63, 3.8) is 0 Å². The van der Waals surface area contributed by atoms with Gasteiger partial charge in [0.2, 0.25) is 0 Å². The molecule has 2 rings (SSSR count). The number of aliphatic hydroxyl groups excluding tert-OH is 1. The van der Waals surface area contributed by atoms with Gasteiger partial charge in [0.15, 0.2) is 0 Å². The molecule has 0 bridgehead atoms. The third kappa shape index (κ3) is 7.08. The number of nitrogens with one attached hydrogen (secondary N) is 1. The van der Waals surface area contributed by atoms with Crippen LogP contribution in [0.3, 0.4) is 0 Å². The molecule has 0 aromatic heterocycles. The maximum atomic E-state index is 12.8. The molecule has 2 amide bonds. The molecule has 0 spiro atoms. The number of anilines is 1. The third-order valence-corrected chi connectivity index (χ3v) is 4.54. The van der Waals surface area contributed by atoms with E-state index in [2.05, 4.69) is 11.9 Å². The van der Waals surface area contributed by atoms with Crippen LogP contribution < -0.4 is 10.1 Å². The van der Waals surface area contributed by atoms with Crippen molar-refractivity contribution in [1.29, 1.82) is 0 Å². The maximum Gasteiger partial charge on any atom is 0.322 e. The van der Waals surface area contributed by atoms with Crippen LogP contribution in [0.5, 0.6) is 5.75 Å². The molecule has 5 nitrogen and oxygen atoms in total. The molecule has 0 unspecified atom stereocenters. The van der Waals surface area contributed by atoms with E-state index in [4.69, 9.17) is 33.0 Å². The zero-order valence-corrected chi connectivity index (χ0v) is 17.3. The number of aliphatic hydroxyl groups is 1. The summed E-state index contributed by atoms with van der Waals surface area (Å²) in [4.78, 5) is 14.4. The Hall–Kier alpha value is -2.21. The Kier molecular flexibility index (Phi) is 8.64. The topological polar surface area (TPSA) is 61.8 Å². The normalized spacial score (nSPS) is 10.4. The molecule has 0 aliphatic carbocycles. The van der Waals surface area contributed by atoms with E-state index in [1.807, 2.05) is 19.1 Å². The molecule has 150 valence electrons. The fourth-order valence-corrected chi connectivity index (χ4v) is 2.77. The first kappa shape index (κ1) is 22.1. The standard InChI is InChI=1S/C21H24Cl2N2O3/c1-15(2)14-28-18-6-3-5-17(12-18)24-21(27)25(9-4-10-26)13-16-7-8-19(22)20(23)11-16/h3,5-8,11-12,26H,1,4,9-10,13-14H2,2H3,(H,24,27). The molecular formula is C21H24Cl2N2O3. The van der Waals surface area contributed by atoms with E-state index in [0.29, 0.717) is 47.6 Å². The largest absolute Gasteiger partial charge is 0.489 e. The van der Waals surface area contributed by atoms with Gasteiger partial charge in [0, 0.05) is 31.5 Å². The Balaban J connectivity index is 2.08. The Bertz CT molecular complexity index is 827. The first-order chi connectivity index (χ1) is 13.4. The van der Waals surface area contributed by atoms with Crippen molar-refractivity contribution in [1.82, 2.24) is 4.90 Å². The Morgan fingerprint density at radius 3 is 2.68 bits per heavy atom. The fraction of sp³-hybridized carbons (Fsp3) is 0.286. The first-order valence-corrected chi connectivity index (χ1v) is 9.62. The van der Waals surface area contributed by atoms with E-state index in [9.17, 15) is 4.79 Å². The molecule has 0 radical (unpaired) electrons. The van der Waals surface area contributed by atoms with Crippen LogP contribution in [-0.2, 0) is 6.54 Å². The maximum absolute atomic E-state index is 12.8. The highest BCUT2D eigenvalue weighted by molar-refractivity contribution is 6.42. The number of urea groups is 1. The van der Waals surface area contributed by atoms with Crippen molar-refractivity contribution < 1.29 is 14.6 Å². The summed E-state index contributed by atoms with van der Waals surface area (Å²) >= 11 is 12.0. The van der Waals surface area contributed by atoms with Crippen molar-refractivity contribution >= 4 is 34.9 Å². The number of carbonyl (C=O) groups excluding carboxylic acids is 1. The van der Waals surface area contributed by atoms with Crippen LogP contribution >= 0.6 is 23.2 Å². The van der Waals surface area contributed by atoms with Crippen LogP contribution in [0.15, 0.2) is 54.6 Å². The lowest BCUT2D eigenvalue weighted by molar-refractivity contribution is 0.199. The van der Waals surface area contributed by atoms with E-state index in [1.54, 1.807) is 35.2 Å². The number of ether oxygens (including phenoxy) is 1. The Morgan fingerprint density at radius 2 is 2.00 bits per heavy atom. The minimum atomic E-state index is -0.281. The predicted molar refractivity (Wildman–Crippen MR) is 114 cm³/mol. The summed E-state index contributed by atoms with van der Waals surface area (Å²) in [5.74, 6) is 0.646. The van der Waals surface area contributed by atoms with Gasteiger partial charge < -0.3 is 20.1 Å². The van der Waals surface area contributed by atoms with E-state index in [-0.39, 0.29) is 12.6 Å². The van der Waals surface area contributed by atoms with Gasteiger partial charge in [-0.05, 0) is 48.7 Å². The summed E-state index contributed by atoms with van der Waals surface area (Å²) in [5.41, 5.74) is 2.37. The summed E-state index contributed by atoms with van der Waals surface area (Å²) in [7, 11) is 0. The molecule has 0 aliphatic heterocycles. The minimum absolute atomic E-state index is 0.00458. The summed E-state index contributed by atoms with van der Waals surface area (Å²) in [6.07, 6.45) is 0.469. The minimum Gasteiger partial charge on any atom is -0.489 e. The number of benzene rings is 2. The average molecular weight is 423 g/mol. The average Bonchev–Trinajstić information content (AvgIpc) is 2.66. The summed E-state index contributed by atoms with van der Waals surface area (Å²) in [6, 6.07) is 12.1. The molecule has 0 heterocycles. The number of hydrogen-bond acceptors (Lipinski definition) is 3. The summed E-state index contributed by atoms with van der Waals surface area (Å²) in [5, 5.41) is 12.9. The van der Waals surface area contributed by atoms with Crippen LogP contribution in [0, 0.1) is 0 Å². The monoisotopic (exact) mass is 422 g/mol. The second-order valence-corrected chi connectivity index (χ2v) is 7.27. The molecule has 0 atom stereocenters. The first-order valence-electron chi connectivity index (χ1n) is 8.87. The Labute approximate surface area is 175 Å². The Morgan fingerprint density at radius 1 is 1.21 bits per heavy atom. The molecule has 0 saturated carbocycles. The molecular weight excluding hydrogens is 399 g/mol. The lowest BCUT2D eigenvalue weighted by atomic mass is 10.2. The number of halogens is 2. The zero-order chi connectivity index (χ0) is 20.5. The highest BCUT2D eigenvalue weighted by atomic mass is 35.5. The van der Waals surface area contributed by atoms with E-state index >= 15 is 0 Å². The lowest BCUT2D eigenvalue weighted by Gasteiger charge is -2.23. The van der Waals surface area contributed by atoms with Gasteiger partial charge in [-0.1, -0.05) is 41.9 Å². The van der Waals surface area contributed by atoms with Crippen LogP contribution in [0.2, 0.25) is 10.0 Å². The van der Waals surface area contributed by atoms with Gasteiger partial charge in [0.25, 0.3) is 0 Å². The second-order valence-electron chi connectivity index (χ2n) is 6.45. The second kappa shape index (κ2) is 11.0. The van der Waals surface area contributed by atoms with E-state index < -0.39 is 0 Å². The third-order valence-electron chi connectivity index (χ3n) is 3.80. The highest BCUT2D eigenvalue weighted by Gasteiger charge is 2.15. The van der Waals surface area contributed by atoms with Crippen LogP contribution in [0.1, 0.15) is 18.9 Å².